The minimum atomic E-state index is -0.169. The molecule has 0 aliphatic heterocycles. The normalized spacial score (nSPS) is 22.8. The molecule has 1 aliphatic carbocycles. The van der Waals surface area contributed by atoms with Crippen molar-refractivity contribution in [1.82, 2.24) is 0 Å². The lowest BCUT2D eigenvalue weighted by molar-refractivity contribution is 0.0618. The molecule has 1 fully saturated rings. The predicted octanol–water partition coefficient (Wildman–Crippen LogP) is 2.37. The second kappa shape index (κ2) is 2.74. The zero-order valence-corrected chi connectivity index (χ0v) is 8.75. The summed E-state index contributed by atoms with van der Waals surface area (Å²) in [6, 6.07) is 7.25. The van der Waals surface area contributed by atoms with E-state index < -0.39 is 0 Å². The maximum Gasteiger partial charge on any atom is 0.115 e. The molecular formula is C12H17NO. The van der Waals surface area contributed by atoms with Gasteiger partial charge in [0.15, 0.2) is 0 Å². The molecule has 0 amide bonds. The van der Waals surface area contributed by atoms with Crippen molar-refractivity contribution in [3.63, 3.8) is 0 Å². The average molecular weight is 191 g/mol. The highest BCUT2D eigenvalue weighted by Gasteiger charge is 2.47. The summed E-state index contributed by atoms with van der Waals surface area (Å²) in [5.74, 6) is 0.302. The van der Waals surface area contributed by atoms with Crippen LogP contribution in [0.1, 0.15) is 32.3 Å². The summed E-state index contributed by atoms with van der Waals surface area (Å²) < 4.78 is 0. The monoisotopic (exact) mass is 191 g/mol. The van der Waals surface area contributed by atoms with E-state index in [1.54, 1.807) is 12.1 Å². The highest BCUT2D eigenvalue weighted by Crippen LogP contribution is 2.51. The molecule has 0 radical (unpaired) electrons. The Bertz CT molecular complexity index is 332. The standard InChI is InChI=1S/C12H17NO/c1-11(2)7-12(13,8-11)9-3-5-10(14)6-4-9/h3-6,14H,7-8,13H2,1-2H3. The molecule has 1 aromatic carbocycles. The number of rotatable bonds is 1. The van der Waals surface area contributed by atoms with Crippen molar-refractivity contribution in [3.05, 3.63) is 29.8 Å². The Morgan fingerprint density at radius 2 is 1.64 bits per heavy atom. The zero-order valence-electron chi connectivity index (χ0n) is 8.75. The molecule has 0 heterocycles. The first-order valence-electron chi connectivity index (χ1n) is 5.00. The maximum absolute atomic E-state index is 9.17. The van der Waals surface area contributed by atoms with Crippen molar-refractivity contribution in [2.45, 2.75) is 32.2 Å². The summed E-state index contributed by atoms with van der Waals surface area (Å²) in [7, 11) is 0. The molecule has 1 saturated carbocycles. The molecule has 0 aromatic heterocycles. The molecule has 0 unspecified atom stereocenters. The first-order chi connectivity index (χ1) is 6.41. The van der Waals surface area contributed by atoms with Gasteiger partial charge in [-0.2, -0.15) is 0 Å². The van der Waals surface area contributed by atoms with Crippen molar-refractivity contribution in [2.24, 2.45) is 11.1 Å². The van der Waals surface area contributed by atoms with Crippen LogP contribution in [0.15, 0.2) is 24.3 Å². The molecular weight excluding hydrogens is 174 g/mol. The Balaban J connectivity index is 2.21. The van der Waals surface area contributed by atoms with Crippen LogP contribution in [-0.4, -0.2) is 5.11 Å². The van der Waals surface area contributed by atoms with E-state index in [2.05, 4.69) is 13.8 Å². The van der Waals surface area contributed by atoms with Crippen LogP contribution >= 0.6 is 0 Å². The third kappa shape index (κ3) is 1.50. The van der Waals surface area contributed by atoms with Crippen molar-refractivity contribution >= 4 is 0 Å². The lowest BCUT2D eigenvalue weighted by atomic mass is 9.57. The van der Waals surface area contributed by atoms with Crippen LogP contribution in [0.3, 0.4) is 0 Å². The molecule has 1 aromatic rings. The lowest BCUT2D eigenvalue weighted by Gasteiger charge is -2.51. The number of phenolic OH excluding ortho intramolecular Hbond substituents is 1. The average Bonchev–Trinajstić information content (AvgIpc) is 2.01. The maximum atomic E-state index is 9.17. The Labute approximate surface area is 84.7 Å². The quantitative estimate of drug-likeness (QED) is 0.715. The first-order valence-corrected chi connectivity index (χ1v) is 5.00. The van der Waals surface area contributed by atoms with Crippen LogP contribution in [0.25, 0.3) is 0 Å². The number of nitrogens with two attached hydrogens (primary N) is 1. The Hall–Kier alpha value is -1.02. The van der Waals surface area contributed by atoms with Gasteiger partial charge >= 0.3 is 0 Å². The molecule has 76 valence electrons. The summed E-state index contributed by atoms with van der Waals surface area (Å²) >= 11 is 0. The molecule has 0 saturated heterocycles. The van der Waals surface area contributed by atoms with E-state index in [0.29, 0.717) is 11.2 Å². The topological polar surface area (TPSA) is 46.2 Å². The number of hydrogen-bond donors (Lipinski definition) is 2. The Morgan fingerprint density at radius 3 is 2.07 bits per heavy atom. The van der Waals surface area contributed by atoms with Gasteiger partial charge in [-0.3, -0.25) is 0 Å². The van der Waals surface area contributed by atoms with Gasteiger partial charge in [0.2, 0.25) is 0 Å². The SMILES string of the molecule is CC1(C)CC(N)(c2ccc(O)cc2)C1. The largest absolute Gasteiger partial charge is 0.508 e. The minimum absolute atomic E-state index is 0.169. The van der Waals surface area contributed by atoms with Crippen LogP contribution in [0.4, 0.5) is 0 Å². The zero-order chi connectivity index (χ0) is 10.4. The van der Waals surface area contributed by atoms with Gasteiger partial charge in [-0.25, -0.2) is 0 Å². The van der Waals surface area contributed by atoms with E-state index >= 15 is 0 Å². The first kappa shape index (κ1) is 9.53. The second-order valence-corrected chi connectivity index (χ2v) is 5.22. The van der Waals surface area contributed by atoms with Gasteiger partial charge in [-0.15, -0.1) is 0 Å². The summed E-state index contributed by atoms with van der Waals surface area (Å²) in [6.07, 6.45) is 2.04. The molecule has 1 aliphatic rings. The van der Waals surface area contributed by atoms with Crippen LogP contribution in [-0.2, 0) is 5.54 Å². The second-order valence-electron chi connectivity index (χ2n) is 5.22. The van der Waals surface area contributed by atoms with Gasteiger partial charge in [0.05, 0.1) is 0 Å². The smallest absolute Gasteiger partial charge is 0.115 e. The van der Waals surface area contributed by atoms with E-state index in [0.717, 1.165) is 18.4 Å². The fourth-order valence-electron chi connectivity index (χ4n) is 2.65. The molecule has 14 heavy (non-hydrogen) atoms. The van der Waals surface area contributed by atoms with Crippen molar-refractivity contribution in [1.29, 1.82) is 0 Å². The van der Waals surface area contributed by atoms with Gasteiger partial charge in [0.25, 0.3) is 0 Å². The van der Waals surface area contributed by atoms with Crippen LogP contribution in [0.5, 0.6) is 5.75 Å². The molecule has 2 rings (SSSR count). The van der Waals surface area contributed by atoms with Crippen molar-refractivity contribution in [3.8, 4) is 5.75 Å². The molecule has 2 nitrogen and oxygen atoms in total. The predicted molar refractivity (Wildman–Crippen MR) is 57.0 cm³/mol. The van der Waals surface area contributed by atoms with E-state index in [1.807, 2.05) is 12.1 Å². The van der Waals surface area contributed by atoms with Gasteiger partial charge < -0.3 is 10.8 Å². The minimum Gasteiger partial charge on any atom is -0.508 e. The fourth-order valence-corrected chi connectivity index (χ4v) is 2.65. The Morgan fingerprint density at radius 1 is 1.14 bits per heavy atom. The summed E-state index contributed by atoms with van der Waals surface area (Å²) in [6.45, 7) is 4.47. The van der Waals surface area contributed by atoms with Gasteiger partial charge in [-0.05, 0) is 36.0 Å². The summed E-state index contributed by atoms with van der Waals surface area (Å²) in [5, 5.41) is 9.17. The van der Waals surface area contributed by atoms with Gasteiger partial charge in [-0.1, -0.05) is 26.0 Å². The van der Waals surface area contributed by atoms with E-state index in [1.165, 1.54) is 0 Å². The van der Waals surface area contributed by atoms with E-state index in [-0.39, 0.29) is 5.54 Å². The summed E-state index contributed by atoms with van der Waals surface area (Å²) in [5.41, 5.74) is 7.60. The van der Waals surface area contributed by atoms with E-state index in [9.17, 15) is 5.11 Å². The van der Waals surface area contributed by atoms with Crippen LogP contribution < -0.4 is 5.73 Å². The molecule has 0 bridgehead atoms. The third-order valence-corrected chi connectivity index (χ3v) is 3.03. The molecule has 3 N–H and O–H groups in total. The number of aromatic hydroxyl groups is 1. The molecule has 2 heteroatoms. The number of hydrogen-bond acceptors (Lipinski definition) is 2. The van der Waals surface area contributed by atoms with Gasteiger partial charge in [0, 0.05) is 5.54 Å². The van der Waals surface area contributed by atoms with E-state index in [4.69, 9.17) is 5.73 Å². The highest BCUT2D eigenvalue weighted by molar-refractivity contribution is 5.33. The van der Waals surface area contributed by atoms with Crippen LogP contribution in [0, 0.1) is 5.41 Å². The Kier molecular flexibility index (Phi) is 1.86. The fraction of sp³-hybridized carbons (Fsp3) is 0.500. The summed E-state index contributed by atoms with van der Waals surface area (Å²) in [4.78, 5) is 0. The highest BCUT2D eigenvalue weighted by atomic mass is 16.3. The lowest BCUT2D eigenvalue weighted by Crippen LogP contribution is -2.53. The number of benzene rings is 1. The van der Waals surface area contributed by atoms with Crippen LogP contribution in [0.2, 0.25) is 0 Å². The molecule has 0 atom stereocenters. The van der Waals surface area contributed by atoms with Crippen molar-refractivity contribution < 1.29 is 5.11 Å². The third-order valence-electron chi connectivity index (χ3n) is 3.03. The van der Waals surface area contributed by atoms with Gasteiger partial charge in [0.1, 0.15) is 5.75 Å². The number of phenols is 1. The van der Waals surface area contributed by atoms with Crippen molar-refractivity contribution in [2.75, 3.05) is 0 Å². The molecule has 0 spiro atoms.